The summed E-state index contributed by atoms with van der Waals surface area (Å²) in [6, 6.07) is 18.0. The van der Waals surface area contributed by atoms with Crippen LogP contribution in [0.3, 0.4) is 0 Å². The molecule has 0 amide bonds. The molecule has 0 atom stereocenters. The minimum absolute atomic E-state index is 0.720. The van der Waals surface area contributed by atoms with Gasteiger partial charge in [0, 0.05) is 34.6 Å². The number of hydrogen-bond acceptors (Lipinski definition) is 2. The van der Waals surface area contributed by atoms with Crippen LogP contribution in [0.1, 0.15) is 5.56 Å². The summed E-state index contributed by atoms with van der Waals surface area (Å²) >= 11 is 5.94. The van der Waals surface area contributed by atoms with Gasteiger partial charge in [-0.2, -0.15) is 5.10 Å². The summed E-state index contributed by atoms with van der Waals surface area (Å²) in [5, 5.41) is 5.35. The second-order valence-corrected chi connectivity index (χ2v) is 5.98. The molecule has 23 heavy (non-hydrogen) atoms. The van der Waals surface area contributed by atoms with Crippen LogP contribution in [-0.2, 0) is 0 Å². The number of aromatic nitrogens is 3. The van der Waals surface area contributed by atoms with Crippen molar-refractivity contribution in [2.75, 3.05) is 0 Å². The van der Waals surface area contributed by atoms with Crippen molar-refractivity contribution < 1.29 is 0 Å². The highest BCUT2D eigenvalue weighted by Gasteiger charge is 2.07. The lowest BCUT2D eigenvalue weighted by atomic mass is 10.1. The van der Waals surface area contributed by atoms with E-state index in [9.17, 15) is 0 Å². The molecular weight excluding hydrogens is 306 g/mol. The van der Waals surface area contributed by atoms with Gasteiger partial charge in [-0.15, -0.1) is 0 Å². The molecule has 0 bridgehead atoms. The molecule has 2 heterocycles. The Labute approximate surface area is 139 Å². The first-order valence-corrected chi connectivity index (χ1v) is 7.75. The fourth-order valence-electron chi connectivity index (χ4n) is 2.53. The molecule has 0 saturated heterocycles. The lowest BCUT2D eigenvalue weighted by Gasteiger charge is -2.02. The minimum Gasteiger partial charge on any atom is -0.236 e. The van der Waals surface area contributed by atoms with Gasteiger partial charge in [0.15, 0.2) is 5.65 Å². The lowest BCUT2D eigenvalue weighted by molar-refractivity contribution is 0.945. The molecule has 0 saturated carbocycles. The monoisotopic (exact) mass is 319 g/mol. The van der Waals surface area contributed by atoms with Crippen LogP contribution in [0.2, 0.25) is 5.02 Å². The number of hydrogen-bond donors (Lipinski definition) is 0. The van der Waals surface area contributed by atoms with E-state index in [1.165, 1.54) is 5.56 Å². The van der Waals surface area contributed by atoms with E-state index in [4.69, 9.17) is 11.6 Å². The zero-order valence-corrected chi connectivity index (χ0v) is 13.3. The molecule has 0 aliphatic rings. The van der Waals surface area contributed by atoms with E-state index in [-0.39, 0.29) is 0 Å². The van der Waals surface area contributed by atoms with Crippen LogP contribution >= 0.6 is 11.6 Å². The van der Waals surface area contributed by atoms with Gasteiger partial charge in [0.2, 0.25) is 0 Å². The van der Waals surface area contributed by atoms with Crippen molar-refractivity contribution in [1.29, 1.82) is 0 Å². The Morgan fingerprint density at radius 1 is 0.870 bits per heavy atom. The van der Waals surface area contributed by atoms with Crippen LogP contribution in [0.5, 0.6) is 0 Å². The van der Waals surface area contributed by atoms with E-state index in [1.54, 1.807) is 0 Å². The van der Waals surface area contributed by atoms with E-state index >= 15 is 0 Å². The molecule has 112 valence electrons. The molecule has 0 radical (unpaired) electrons. The van der Waals surface area contributed by atoms with Crippen LogP contribution in [0.25, 0.3) is 28.0 Å². The third kappa shape index (κ3) is 2.71. The van der Waals surface area contributed by atoms with E-state index in [1.807, 2.05) is 47.2 Å². The molecule has 2 aromatic heterocycles. The Kier molecular flexibility index (Phi) is 3.36. The number of rotatable bonds is 2. The van der Waals surface area contributed by atoms with Crippen LogP contribution in [0.4, 0.5) is 0 Å². The molecule has 0 unspecified atom stereocenters. The second kappa shape index (κ2) is 5.52. The Bertz CT molecular complexity index is 926. The van der Waals surface area contributed by atoms with Crippen molar-refractivity contribution >= 4 is 17.2 Å². The van der Waals surface area contributed by atoms with Crippen molar-refractivity contribution in [2.45, 2.75) is 6.92 Å². The number of benzene rings is 2. The van der Waals surface area contributed by atoms with Crippen molar-refractivity contribution in [2.24, 2.45) is 0 Å². The molecule has 4 heteroatoms. The van der Waals surface area contributed by atoms with Crippen molar-refractivity contribution in [3.05, 3.63) is 77.6 Å². The van der Waals surface area contributed by atoms with Crippen LogP contribution in [0, 0.1) is 6.92 Å². The summed E-state index contributed by atoms with van der Waals surface area (Å²) in [6.07, 6.45) is 3.89. The Morgan fingerprint density at radius 2 is 1.57 bits per heavy atom. The number of fused-ring (bicyclic) bond motifs is 1. The Hall–Kier alpha value is -2.65. The smallest absolute Gasteiger partial charge is 0.155 e. The first kappa shape index (κ1) is 14.0. The first-order valence-electron chi connectivity index (χ1n) is 7.37. The third-order valence-electron chi connectivity index (χ3n) is 3.84. The minimum atomic E-state index is 0.720. The molecular formula is C19H14ClN3. The average molecular weight is 320 g/mol. The largest absolute Gasteiger partial charge is 0.236 e. The highest BCUT2D eigenvalue weighted by molar-refractivity contribution is 6.30. The quantitative estimate of drug-likeness (QED) is 0.519. The van der Waals surface area contributed by atoms with Crippen molar-refractivity contribution in [1.82, 2.24) is 14.6 Å². The van der Waals surface area contributed by atoms with Gasteiger partial charge in [0.25, 0.3) is 0 Å². The zero-order chi connectivity index (χ0) is 15.8. The standard InChI is InChI=1S/C19H14ClN3/c1-13-2-4-14(5-3-13)16-11-21-19-10-18(22-23(19)12-16)15-6-8-17(20)9-7-15/h2-12H,1H3. The molecule has 0 fully saturated rings. The summed E-state index contributed by atoms with van der Waals surface area (Å²) in [5.41, 5.74) is 6.15. The highest BCUT2D eigenvalue weighted by atomic mass is 35.5. The van der Waals surface area contributed by atoms with Gasteiger partial charge >= 0.3 is 0 Å². The van der Waals surface area contributed by atoms with Gasteiger partial charge < -0.3 is 0 Å². The van der Waals surface area contributed by atoms with Crippen LogP contribution in [0.15, 0.2) is 67.0 Å². The molecule has 2 aromatic carbocycles. The fraction of sp³-hybridized carbons (Fsp3) is 0.0526. The maximum atomic E-state index is 5.94. The predicted molar refractivity (Wildman–Crippen MR) is 93.6 cm³/mol. The number of halogens is 1. The normalized spacial score (nSPS) is 11.0. The first-order chi connectivity index (χ1) is 11.2. The van der Waals surface area contributed by atoms with E-state index < -0.39 is 0 Å². The van der Waals surface area contributed by atoms with E-state index in [0.29, 0.717) is 0 Å². The van der Waals surface area contributed by atoms with Gasteiger partial charge in [-0.25, -0.2) is 9.50 Å². The van der Waals surface area contributed by atoms with Gasteiger partial charge in [0.05, 0.1) is 5.69 Å². The summed E-state index contributed by atoms with van der Waals surface area (Å²) in [5.74, 6) is 0. The van der Waals surface area contributed by atoms with Gasteiger partial charge in [-0.1, -0.05) is 53.6 Å². The lowest BCUT2D eigenvalue weighted by Crippen LogP contribution is -1.91. The fourth-order valence-corrected chi connectivity index (χ4v) is 2.66. The molecule has 4 rings (SSSR count). The molecule has 0 aliphatic carbocycles. The molecule has 0 spiro atoms. The van der Waals surface area contributed by atoms with Crippen LogP contribution < -0.4 is 0 Å². The maximum Gasteiger partial charge on any atom is 0.155 e. The third-order valence-corrected chi connectivity index (χ3v) is 4.09. The summed E-state index contributed by atoms with van der Waals surface area (Å²) in [7, 11) is 0. The van der Waals surface area contributed by atoms with Gasteiger partial charge in [-0.05, 0) is 24.6 Å². The molecule has 0 aliphatic heterocycles. The van der Waals surface area contributed by atoms with Gasteiger partial charge in [-0.3, -0.25) is 0 Å². The van der Waals surface area contributed by atoms with Crippen molar-refractivity contribution in [3.8, 4) is 22.4 Å². The Balaban J connectivity index is 1.77. The average Bonchev–Trinajstić information content (AvgIpc) is 2.99. The topological polar surface area (TPSA) is 30.2 Å². The maximum absolute atomic E-state index is 5.94. The number of nitrogens with zero attached hydrogens (tertiary/aromatic N) is 3. The molecule has 0 N–H and O–H groups in total. The van der Waals surface area contributed by atoms with Gasteiger partial charge in [0.1, 0.15) is 0 Å². The molecule has 4 aromatic rings. The zero-order valence-electron chi connectivity index (χ0n) is 12.6. The van der Waals surface area contributed by atoms with E-state index in [2.05, 4.69) is 41.3 Å². The second-order valence-electron chi connectivity index (χ2n) is 5.55. The molecule has 3 nitrogen and oxygen atoms in total. The SMILES string of the molecule is Cc1ccc(-c2cnc3cc(-c4ccc(Cl)cc4)nn3c2)cc1. The van der Waals surface area contributed by atoms with Crippen molar-refractivity contribution in [3.63, 3.8) is 0 Å². The van der Waals surface area contributed by atoms with E-state index in [0.717, 1.165) is 33.1 Å². The Morgan fingerprint density at radius 3 is 2.30 bits per heavy atom. The highest BCUT2D eigenvalue weighted by Crippen LogP contribution is 2.23. The van der Waals surface area contributed by atoms with Crippen LogP contribution in [-0.4, -0.2) is 14.6 Å². The predicted octanol–water partition coefficient (Wildman–Crippen LogP) is 5.03. The summed E-state index contributed by atoms with van der Waals surface area (Å²) in [6.45, 7) is 2.08. The number of aryl methyl sites for hydroxylation is 1. The summed E-state index contributed by atoms with van der Waals surface area (Å²) in [4.78, 5) is 4.52. The summed E-state index contributed by atoms with van der Waals surface area (Å²) < 4.78 is 1.82.